The number of aromatic nitrogens is 3. The number of rotatable bonds is 10. The van der Waals surface area contributed by atoms with Crippen LogP contribution in [0.15, 0.2) is 194 Å². The molecule has 0 aliphatic heterocycles. The maximum absolute atomic E-state index is 9.75. The van der Waals surface area contributed by atoms with Gasteiger partial charge in [0.15, 0.2) is 11.5 Å². The van der Waals surface area contributed by atoms with Crippen molar-refractivity contribution in [1.82, 2.24) is 15.2 Å². The number of nitrogens with zero attached hydrogens (tertiary/aromatic N) is 2. The molecule has 0 amide bonds. The summed E-state index contributed by atoms with van der Waals surface area (Å²) in [6.07, 6.45) is 8.59. The van der Waals surface area contributed by atoms with Gasteiger partial charge in [-0.15, -0.1) is 0 Å². The molecule has 0 atom stereocenters. The van der Waals surface area contributed by atoms with Gasteiger partial charge in [-0.1, -0.05) is 103 Å². The molecular weight excluding hydrogens is 931 g/mol. The van der Waals surface area contributed by atoms with Gasteiger partial charge in [-0.2, -0.15) is 5.10 Å². The number of hydrogen-bond acceptors (Lipinski definition) is 3. The zero-order chi connectivity index (χ0) is 45.5. The summed E-state index contributed by atoms with van der Waals surface area (Å²) < 4.78 is 45.9. The summed E-state index contributed by atoms with van der Waals surface area (Å²) >= 11 is 0. The summed E-state index contributed by atoms with van der Waals surface area (Å²) in [5.41, 5.74) is 4.83. The van der Waals surface area contributed by atoms with Crippen LogP contribution < -0.4 is 36.6 Å². The first kappa shape index (κ1) is 48.1. The Kier molecular flexibility index (Phi) is 15.6. The topological polar surface area (TPSA) is 50.8 Å². The number of benzene rings is 6. The predicted octanol–water partition coefficient (Wildman–Crippen LogP) is 12.0. The van der Waals surface area contributed by atoms with E-state index in [-0.39, 0.29) is 17.1 Å². The third-order valence-corrected chi connectivity index (χ3v) is 18.7. The van der Waals surface area contributed by atoms with Gasteiger partial charge in [-0.3, -0.25) is 10.1 Å². The van der Waals surface area contributed by atoms with Crippen molar-refractivity contribution >= 4 is 54.9 Å². The van der Waals surface area contributed by atoms with Crippen molar-refractivity contribution in [2.24, 2.45) is 17.8 Å². The van der Waals surface area contributed by atoms with Crippen molar-refractivity contribution in [2.75, 3.05) is 0 Å². The Labute approximate surface area is 404 Å². The zero-order valence-corrected chi connectivity index (χ0v) is 40.1. The van der Waals surface area contributed by atoms with Gasteiger partial charge in [0.1, 0.15) is 53.4 Å². The van der Waals surface area contributed by atoms with Crippen LogP contribution in [0.3, 0.4) is 0 Å². The summed E-state index contributed by atoms with van der Waals surface area (Å²) in [6, 6.07) is 69.0. The van der Waals surface area contributed by atoms with Crippen LogP contribution in [0, 0.1) is 24.7 Å². The molecule has 6 aromatic carbocycles. The van der Waals surface area contributed by atoms with Crippen LogP contribution in [0.2, 0.25) is 0 Å². The van der Waals surface area contributed by atoms with Crippen LogP contribution in [0.4, 0.5) is 17.3 Å². The van der Waals surface area contributed by atoms with Crippen molar-refractivity contribution in [3.8, 4) is 22.9 Å². The first-order valence-corrected chi connectivity index (χ1v) is 25.8. The molecule has 0 radical (unpaired) electrons. The van der Waals surface area contributed by atoms with Gasteiger partial charge in [0.05, 0.1) is 5.69 Å². The standard InChI is InChI=1S/C36H28OP2.C19H23N3.BF4.Cu/c1-5-17-29(18-6-1)38(30-19-7-2-8-20-30)35-27-15-13-25-33(35)37-34-26-14-16-28-36(34)39(31-21-9-3-10-22-31)32-23-11-4-12-24-32;1-12-3-2-4-16(20-12)17-8-18(22-21-17)19-9-13-5-14(10-19)7-15(6-13)11-19;2-1(3,4)5;/h1-28H;2-4,8,13-15H,5-7,9-11H2,1H3,(H,21,22);;/q;;-1;+1/p+2. The number of H-pyrrole nitrogens is 1. The fraction of sp³-hybridized carbons (Fsp3) is 0.200. The van der Waals surface area contributed by atoms with Crippen molar-refractivity contribution in [3.63, 3.8) is 0 Å². The fourth-order valence-corrected chi connectivity index (χ4v) is 16.2. The van der Waals surface area contributed by atoms with E-state index in [0.717, 1.165) is 46.3 Å². The second-order valence-electron chi connectivity index (χ2n) is 17.8. The molecule has 4 bridgehead atoms. The van der Waals surface area contributed by atoms with Crippen LogP contribution in [0.5, 0.6) is 11.5 Å². The van der Waals surface area contributed by atoms with E-state index < -0.39 is 23.1 Å². The molecule has 4 aliphatic rings. The molecule has 12 rings (SSSR count). The number of aryl methyl sites for hydroxylation is 1. The minimum atomic E-state index is -6.00. The number of para-hydroxylation sites is 2. The molecule has 4 aliphatic carbocycles. The average Bonchev–Trinajstić information content (AvgIpc) is 3.83. The van der Waals surface area contributed by atoms with Crippen molar-refractivity contribution in [1.29, 1.82) is 0 Å². The molecule has 0 unspecified atom stereocenters. The second kappa shape index (κ2) is 21.7. The number of hydrogen-bond donors (Lipinski definition) is 1. The summed E-state index contributed by atoms with van der Waals surface area (Å²) in [5.74, 6) is 4.75. The van der Waals surface area contributed by atoms with Gasteiger partial charge < -0.3 is 22.0 Å². The monoisotopic (exact) mass is 983 g/mol. The van der Waals surface area contributed by atoms with Crippen LogP contribution in [0.1, 0.15) is 49.9 Å². The van der Waals surface area contributed by atoms with Crippen LogP contribution in [-0.2, 0) is 22.5 Å². The molecular formula is C55H53BCuF4N3OP2+2. The van der Waals surface area contributed by atoms with Gasteiger partial charge in [-0.05, 0) is 154 Å². The van der Waals surface area contributed by atoms with E-state index >= 15 is 0 Å². The molecule has 1 N–H and O–H groups in total. The number of nitrogens with one attached hydrogen (secondary N) is 1. The molecule has 344 valence electrons. The van der Waals surface area contributed by atoms with Gasteiger partial charge in [0.2, 0.25) is 0 Å². The van der Waals surface area contributed by atoms with E-state index in [1.807, 2.05) is 13.0 Å². The Hall–Kier alpha value is -5.36. The fourth-order valence-electron chi connectivity index (χ4n) is 10.9. The van der Waals surface area contributed by atoms with Gasteiger partial charge in [0, 0.05) is 16.8 Å². The molecule has 12 heteroatoms. The molecule has 4 fully saturated rings. The molecule has 0 saturated heterocycles. The van der Waals surface area contributed by atoms with E-state index in [1.165, 1.54) is 76.0 Å². The Morgan fingerprint density at radius 1 is 0.507 bits per heavy atom. The SMILES string of the molecule is Cc1cccc(-c2cc(C34CC5CC(CC(C5)C3)C4)[nH]n2)n1.F[B-](F)(F)F.[Cu+].c1ccc([PH+](c2ccccc2)c2ccccc2Oc2ccccc2[PH+](c2ccccc2)c2ccccc2)cc1. The van der Waals surface area contributed by atoms with Crippen molar-refractivity contribution in [2.45, 2.75) is 50.9 Å². The zero-order valence-electron chi connectivity index (χ0n) is 37.1. The van der Waals surface area contributed by atoms with Crippen molar-refractivity contribution < 1.29 is 39.1 Å². The van der Waals surface area contributed by atoms with Gasteiger partial charge in [0.25, 0.3) is 0 Å². The Morgan fingerprint density at radius 2 is 0.881 bits per heavy atom. The third kappa shape index (κ3) is 11.9. The van der Waals surface area contributed by atoms with Crippen LogP contribution >= 0.6 is 15.8 Å². The smallest absolute Gasteiger partial charge is 0.449 e. The Morgan fingerprint density at radius 3 is 1.27 bits per heavy atom. The summed E-state index contributed by atoms with van der Waals surface area (Å²) in [6.45, 7) is 2.04. The minimum Gasteiger partial charge on any atom is -0.449 e. The van der Waals surface area contributed by atoms with Crippen LogP contribution in [0.25, 0.3) is 11.4 Å². The normalized spacial score (nSPS) is 19.1. The van der Waals surface area contributed by atoms with Crippen LogP contribution in [-0.4, -0.2) is 22.4 Å². The van der Waals surface area contributed by atoms with E-state index in [4.69, 9.17) is 4.74 Å². The van der Waals surface area contributed by atoms with Gasteiger partial charge in [-0.25, -0.2) is 0 Å². The second-order valence-corrected chi connectivity index (χ2v) is 22.7. The predicted molar refractivity (Wildman–Crippen MR) is 270 cm³/mol. The molecule has 4 saturated carbocycles. The number of halogens is 4. The Bertz CT molecular complexity index is 2580. The van der Waals surface area contributed by atoms with Crippen molar-refractivity contribution in [3.05, 3.63) is 206 Å². The molecule has 8 aromatic rings. The van der Waals surface area contributed by atoms with E-state index in [9.17, 15) is 17.3 Å². The largest absolute Gasteiger partial charge is 1.00 e. The van der Waals surface area contributed by atoms with E-state index in [1.54, 1.807) is 0 Å². The number of aromatic amines is 1. The first-order valence-electron chi connectivity index (χ1n) is 22.8. The number of pyridine rings is 1. The third-order valence-electron chi connectivity index (χ3n) is 13.1. The summed E-state index contributed by atoms with van der Waals surface area (Å²) in [5, 5.41) is 15.9. The maximum Gasteiger partial charge on any atom is 1.00 e. The van der Waals surface area contributed by atoms with E-state index in [2.05, 4.69) is 203 Å². The Balaban J connectivity index is 0.000000182. The molecule has 4 nitrogen and oxygen atoms in total. The van der Waals surface area contributed by atoms with Gasteiger partial charge >= 0.3 is 24.3 Å². The molecule has 2 heterocycles. The number of ether oxygens (including phenoxy) is 1. The molecule has 2 aromatic heterocycles. The maximum atomic E-state index is 9.75. The quantitative estimate of drug-likeness (QED) is 0.0844. The molecule has 0 spiro atoms. The first-order chi connectivity index (χ1) is 32.1. The average molecular weight is 984 g/mol. The van der Waals surface area contributed by atoms with E-state index in [0.29, 0.717) is 5.41 Å². The minimum absolute atomic E-state index is 0. The summed E-state index contributed by atoms with van der Waals surface area (Å²) in [7, 11) is -8.56. The summed E-state index contributed by atoms with van der Waals surface area (Å²) in [4.78, 5) is 4.62. The molecule has 67 heavy (non-hydrogen) atoms.